The number of aromatic nitrogens is 1. The lowest BCUT2D eigenvalue weighted by Gasteiger charge is -2.11. The highest BCUT2D eigenvalue weighted by Gasteiger charge is 2.08. The van der Waals surface area contributed by atoms with Crippen LogP contribution in [0, 0.1) is 4.51 Å². The van der Waals surface area contributed by atoms with Crippen LogP contribution in [0.5, 0.6) is 0 Å². The summed E-state index contributed by atoms with van der Waals surface area (Å²) in [4.78, 5) is 0. The van der Waals surface area contributed by atoms with Crippen molar-refractivity contribution in [2.75, 3.05) is 0 Å². The number of nitrogens with zero attached hydrogens (tertiary/aromatic N) is 2. The molecule has 4 rings (SSSR count). The molecular weight excluding hydrogens is 348 g/mol. The van der Waals surface area contributed by atoms with Crippen LogP contribution >= 0.6 is 12.2 Å². The van der Waals surface area contributed by atoms with Gasteiger partial charge in [-0.15, -0.1) is 0 Å². The molecule has 1 heterocycles. The van der Waals surface area contributed by atoms with Gasteiger partial charge >= 0.3 is 0 Å². The highest BCUT2D eigenvalue weighted by molar-refractivity contribution is 7.71. The molecule has 0 amide bonds. The van der Waals surface area contributed by atoms with E-state index in [1.807, 2.05) is 90.0 Å². The lowest BCUT2D eigenvalue weighted by molar-refractivity contribution is 0.876. The summed E-state index contributed by atoms with van der Waals surface area (Å²) in [5, 5.41) is 4.64. The molecule has 0 spiro atoms. The van der Waals surface area contributed by atoms with Crippen molar-refractivity contribution in [3.05, 3.63) is 113 Å². The Morgan fingerprint density at radius 2 is 1.07 bits per heavy atom. The van der Waals surface area contributed by atoms with Crippen LogP contribution in [0.1, 0.15) is 5.56 Å². The molecule has 0 radical (unpaired) electrons. The molecule has 0 unspecified atom stereocenters. The van der Waals surface area contributed by atoms with Crippen molar-refractivity contribution in [2.24, 2.45) is 5.10 Å². The third-order valence-electron chi connectivity index (χ3n) is 4.32. The summed E-state index contributed by atoms with van der Waals surface area (Å²) in [5.74, 6) is 0. The van der Waals surface area contributed by atoms with E-state index in [9.17, 15) is 0 Å². The number of hydrogen-bond acceptors (Lipinski definition) is 2. The second kappa shape index (κ2) is 7.94. The Balaban J connectivity index is 1.87. The summed E-state index contributed by atoms with van der Waals surface area (Å²) in [6.07, 6.45) is 5.83. The number of pyridine rings is 1. The van der Waals surface area contributed by atoms with Crippen LogP contribution < -0.4 is 0 Å². The van der Waals surface area contributed by atoms with E-state index >= 15 is 0 Å². The monoisotopic (exact) mass is 366 g/mol. The molecule has 0 bridgehead atoms. The first kappa shape index (κ1) is 17.1. The van der Waals surface area contributed by atoms with Crippen molar-refractivity contribution >= 4 is 18.4 Å². The second-order valence-corrected chi connectivity index (χ2v) is 6.59. The van der Waals surface area contributed by atoms with E-state index in [4.69, 9.17) is 12.2 Å². The van der Waals surface area contributed by atoms with Crippen molar-refractivity contribution in [3.8, 4) is 22.3 Å². The van der Waals surface area contributed by atoms with E-state index < -0.39 is 0 Å². The van der Waals surface area contributed by atoms with Gasteiger partial charge in [0, 0.05) is 23.5 Å². The zero-order chi connectivity index (χ0) is 18.5. The molecule has 0 fully saturated rings. The zero-order valence-corrected chi connectivity index (χ0v) is 15.5. The van der Waals surface area contributed by atoms with Crippen molar-refractivity contribution < 1.29 is 0 Å². The van der Waals surface area contributed by atoms with Gasteiger partial charge in [0.05, 0.1) is 10.7 Å². The number of hydrogen-bond donors (Lipinski definition) is 0. The Kier molecular flexibility index (Phi) is 5.04. The van der Waals surface area contributed by atoms with Gasteiger partial charge in [0.25, 0.3) is 0 Å². The predicted octanol–water partition coefficient (Wildman–Crippen LogP) is 6.43. The van der Waals surface area contributed by atoms with Crippen LogP contribution in [0.4, 0.5) is 0 Å². The molecule has 0 saturated carbocycles. The van der Waals surface area contributed by atoms with E-state index in [1.165, 1.54) is 0 Å². The van der Waals surface area contributed by atoms with Gasteiger partial charge in [0.2, 0.25) is 0 Å². The quantitative estimate of drug-likeness (QED) is 0.300. The zero-order valence-electron chi connectivity index (χ0n) is 14.7. The first-order chi connectivity index (χ1) is 13.3. The molecule has 0 aliphatic heterocycles. The van der Waals surface area contributed by atoms with Gasteiger partial charge in [-0.1, -0.05) is 103 Å². The highest BCUT2D eigenvalue weighted by Crippen LogP contribution is 2.28. The molecule has 0 aliphatic rings. The van der Waals surface area contributed by atoms with Gasteiger partial charge in [0.1, 0.15) is 0 Å². The van der Waals surface area contributed by atoms with Crippen molar-refractivity contribution in [3.63, 3.8) is 0 Å². The summed E-state index contributed by atoms with van der Waals surface area (Å²) in [7, 11) is 0. The lowest BCUT2D eigenvalue weighted by Crippen LogP contribution is -1.96. The summed E-state index contributed by atoms with van der Waals surface area (Å²) in [6.45, 7) is 0. The second-order valence-electron chi connectivity index (χ2n) is 6.18. The molecule has 0 saturated heterocycles. The van der Waals surface area contributed by atoms with Gasteiger partial charge in [0.15, 0.2) is 0 Å². The molecule has 4 aromatic rings. The Hall–Kier alpha value is -3.30. The maximum atomic E-state index is 5.83. The van der Waals surface area contributed by atoms with E-state index in [0.717, 1.165) is 32.3 Å². The average Bonchev–Trinajstić information content (AvgIpc) is 2.75. The van der Waals surface area contributed by atoms with E-state index in [0.29, 0.717) is 0 Å². The minimum atomic E-state index is 0.832. The Labute approximate surface area is 164 Å². The van der Waals surface area contributed by atoms with Crippen LogP contribution in [0.25, 0.3) is 22.3 Å². The molecule has 0 atom stereocenters. The number of benzene rings is 3. The van der Waals surface area contributed by atoms with Crippen LogP contribution in [0.15, 0.2) is 108 Å². The van der Waals surface area contributed by atoms with Gasteiger partial charge in [-0.05, 0) is 16.7 Å². The SMILES string of the molecule is S=c1c(-c2ccccc2)cn(/N=C/c2ccccc2)cc1-c1ccccc1. The van der Waals surface area contributed by atoms with E-state index in [-0.39, 0.29) is 0 Å². The summed E-state index contributed by atoms with van der Waals surface area (Å²) in [6, 6.07) is 30.5. The van der Waals surface area contributed by atoms with Crippen LogP contribution in [0.2, 0.25) is 0 Å². The van der Waals surface area contributed by atoms with E-state index in [1.54, 1.807) is 0 Å². The molecule has 0 aliphatic carbocycles. The lowest BCUT2D eigenvalue weighted by atomic mass is 10.0. The smallest absolute Gasteiger partial charge is 0.0564 e. The summed E-state index contributed by atoms with van der Waals surface area (Å²) < 4.78 is 2.67. The fourth-order valence-electron chi connectivity index (χ4n) is 2.95. The number of rotatable bonds is 4. The molecule has 130 valence electrons. The fourth-order valence-corrected chi connectivity index (χ4v) is 3.29. The first-order valence-corrected chi connectivity index (χ1v) is 9.19. The Morgan fingerprint density at radius 3 is 1.56 bits per heavy atom. The summed E-state index contributed by atoms with van der Waals surface area (Å²) in [5.41, 5.74) is 5.22. The van der Waals surface area contributed by atoms with Crippen LogP contribution in [-0.2, 0) is 0 Å². The molecule has 2 nitrogen and oxygen atoms in total. The fraction of sp³-hybridized carbons (Fsp3) is 0. The van der Waals surface area contributed by atoms with Gasteiger partial charge in [-0.2, -0.15) is 5.10 Å². The topological polar surface area (TPSA) is 17.3 Å². The first-order valence-electron chi connectivity index (χ1n) is 8.78. The third kappa shape index (κ3) is 3.94. The standard InChI is InChI=1S/C24H18N2S/c27-24-22(20-12-6-2-7-13-20)17-26(25-16-19-10-4-1-5-11-19)18-23(24)21-14-8-3-9-15-21/h1-18H/b25-16+. The van der Waals surface area contributed by atoms with Gasteiger partial charge < -0.3 is 0 Å². The molecule has 0 N–H and O–H groups in total. The summed E-state index contributed by atoms with van der Waals surface area (Å²) >= 11 is 5.83. The predicted molar refractivity (Wildman–Crippen MR) is 116 cm³/mol. The molecule has 1 aromatic heterocycles. The minimum Gasteiger partial charge on any atom is -0.247 e. The molecule has 3 heteroatoms. The van der Waals surface area contributed by atoms with E-state index in [2.05, 4.69) is 29.4 Å². The maximum absolute atomic E-state index is 5.83. The minimum absolute atomic E-state index is 0.832. The normalized spacial score (nSPS) is 11.0. The van der Waals surface area contributed by atoms with Crippen molar-refractivity contribution in [2.45, 2.75) is 0 Å². The van der Waals surface area contributed by atoms with Crippen LogP contribution in [0.3, 0.4) is 0 Å². The van der Waals surface area contributed by atoms with Gasteiger partial charge in [-0.25, -0.2) is 4.68 Å². The molecule has 27 heavy (non-hydrogen) atoms. The molecular formula is C24H18N2S. The van der Waals surface area contributed by atoms with Crippen LogP contribution in [-0.4, -0.2) is 10.9 Å². The highest BCUT2D eigenvalue weighted by atomic mass is 32.1. The maximum Gasteiger partial charge on any atom is 0.0564 e. The van der Waals surface area contributed by atoms with Crippen molar-refractivity contribution in [1.82, 2.24) is 4.68 Å². The Morgan fingerprint density at radius 1 is 0.630 bits per heavy atom. The van der Waals surface area contributed by atoms with Gasteiger partial charge in [-0.3, -0.25) is 0 Å². The largest absolute Gasteiger partial charge is 0.247 e. The average molecular weight is 366 g/mol. The van der Waals surface area contributed by atoms with Crippen molar-refractivity contribution in [1.29, 1.82) is 0 Å². The Bertz CT molecular complexity index is 1050. The third-order valence-corrected chi connectivity index (χ3v) is 4.76. The molecule has 3 aromatic carbocycles.